The second kappa shape index (κ2) is 6.94. The molecule has 2 rings (SSSR count). The number of rotatable bonds is 5. The van der Waals surface area contributed by atoms with Crippen LogP contribution >= 0.6 is 0 Å². The average Bonchev–Trinajstić information content (AvgIpc) is 2.42. The van der Waals surface area contributed by atoms with Gasteiger partial charge in [-0.3, -0.25) is 9.69 Å². The first kappa shape index (κ1) is 15.8. The number of hydrogen-bond donors (Lipinski definition) is 1. The third kappa shape index (κ3) is 4.46. The first-order valence-electron chi connectivity index (χ1n) is 7.68. The summed E-state index contributed by atoms with van der Waals surface area (Å²) in [5, 5.41) is 9.10. The second-order valence-electron chi connectivity index (χ2n) is 6.19. The Balaban J connectivity index is 1.91. The molecule has 116 valence electrons. The lowest BCUT2D eigenvalue weighted by atomic mass is 9.91. The molecule has 0 spiro atoms. The number of piperidine rings is 1. The van der Waals surface area contributed by atoms with E-state index in [2.05, 4.69) is 24.0 Å². The number of benzene rings is 1. The van der Waals surface area contributed by atoms with Crippen LogP contribution in [0.2, 0.25) is 0 Å². The fourth-order valence-electron chi connectivity index (χ4n) is 2.86. The minimum Gasteiger partial charge on any atom is -0.491 e. The van der Waals surface area contributed by atoms with Crippen LogP contribution in [0.15, 0.2) is 24.3 Å². The third-order valence-electron chi connectivity index (χ3n) is 4.04. The van der Waals surface area contributed by atoms with Crippen LogP contribution in [-0.4, -0.2) is 34.7 Å². The molecule has 1 aliphatic heterocycles. The SMILES string of the molecule is CC(C)Oc1ccc(CN2CCC(C(=O)O)CC2C)cc1. The molecule has 1 aromatic carbocycles. The maximum atomic E-state index is 11.1. The van der Waals surface area contributed by atoms with Crippen LogP contribution in [0.4, 0.5) is 0 Å². The first-order chi connectivity index (χ1) is 9.95. The summed E-state index contributed by atoms with van der Waals surface area (Å²) in [7, 11) is 0. The van der Waals surface area contributed by atoms with Crippen LogP contribution in [0, 0.1) is 5.92 Å². The van der Waals surface area contributed by atoms with Gasteiger partial charge in [0.15, 0.2) is 0 Å². The lowest BCUT2D eigenvalue weighted by molar-refractivity contribution is -0.144. The number of carboxylic acid groups (broad SMARTS) is 1. The maximum absolute atomic E-state index is 11.1. The predicted molar refractivity (Wildman–Crippen MR) is 82.4 cm³/mol. The molecule has 0 aliphatic carbocycles. The molecule has 1 aliphatic rings. The Hall–Kier alpha value is -1.55. The molecule has 1 N–H and O–H groups in total. The predicted octanol–water partition coefficient (Wildman–Crippen LogP) is 3.16. The molecule has 1 heterocycles. The van der Waals surface area contributed by atoms with Crippen LogP contribution in [-0.2, 0) is 11.3 Å². The summed E-state index contributed by atoms with van der Waals surface area (Å²) >= 11 is 0. The minimum absolute atomic E-state index is 0.182. The smallest absolute Gasteiger partial charge is 0.306 e. The van der Waals surface area contributed by atoms with Crippen molar-refractivity contribution in [3.63, 3.8) is 0 Å². The zero-order valence-corrected chi connectivity index (χ0v) is 13.1. The monoisotopic (exact) mass is 291 g/mol. The van der Waals surface area contributed by atoms with Crippen molar-refractivity contribution in [2.24, 2.45) is 5.92 Å². The summed E-state index contributed by atoms with van der Waals surface area (Å²) in [4.78, 5) is 13.4. The third-order valence-corrected chi connectivity index (χ3v) is 4.04. The fourth-order valence-corrected chi connectivity index (χ4v) is 2.86. The zero-order valence-electron chi connectivity index (χ0n) is 13.1. The van der Waals surface area contributed by atoms with E-state index in [0.717, 1.165) is 31.7 Å². The van der Waals surface area contributed by atoms with Crippen molar-refractivity contribution in [1.29, 1.82) is 0 Å². The van der Waals surface area contributed by atoms with Crippen molar-refractivity contribution >= 4 is 5.97 Å². The second-order valence-corrected chi connectivity index (χ2v) is 6.19. The number of nitrogens with zero attached hydrogens (tertiary/aromatic N) is 1. The molecule has 21 heavy (non-hydrogen) atoms. The molecule has 4 nitrogen and oxygen atoms in total. The molecule has 0 aromatic heterocycles. The van der Waals surface area contributed by atoms with E-state index in [1.54, 1.807) is 0 Å². The highest BCUT2D eigenvalue weighted by Crippen LogP contribution is 2.25. The number of carbonyl (C=O) groups is 1. The number of hydrogen-bond acceptors (Lipinski definition) is 3. The van der Waals surface area contributed by atoms with Crippen LogP contribution in [0.3, 0.4) is 0 Å². The highest BCUT2D eigenvalue weighted by molar-refractivity contribution is 5.70. The van der Waals surface area contributed by atoms with Crippen molar-refractivity contribution in [3.8, 4) is 5.75 Å². The summed E-state index contributed by atoms with van der Waals surface area (Å²) in [6.07, 6.45) is 1.67. The Morgan fingerprint density at radius 3 is 2.57 bits per heavy atom. The van der Waals surface area contributed by atoms with Crippen molar-refractivity contribution in [1.82, 2.24) is 4.90 Å². The Morgan fingerprint density at radius 2 is 2.05 bits per heavy atom. The topological polar surface area (TPSA) is 49.8 Å². The van der Waals surface area contributed by atoms with Crippen LogP contribution < -0.4 is 4.74 Å². The maximum Gasteiger partial charge on any atom is 0.306 e. The van der Waals surface area contributed by atoms with Crippen molar-refractivity contribution in [2.45, 2.75) is 52.3 Å². The molecule has 4 heteroatoms. The van der Waals surface area contributed by atoms with Gasteiger partial charge < -0.3 is 9.84 Å². The summed E-state index contributed by atoms with van der Waals surface area (Å²) in [5.41, 5.74) is 1.24. The number of likely N-dealkylation sites (tertiary alicyclic amines) is 1. The van der Waals surface area contributed by atoms with Crippen LogP contribution in [0.5, 0.6) is 5.75 Å². The molecule has 2 atom stereocenters. The summed E-state index contributed by atoms with van der Waals surface area (Å²) in [6.45, 7) is 7.87. The number of carboxylic acids is 1. The minimum atomic E-state index is -0.656. The van der Waals surface area contributed by atoms with Crippen LogP contribution in [0.1, 0.15) is 39.2 Å². The average molecular weight is 291 g/mol. The highest BCUT2D eigenvalue weighted by Gasteiger charge is 2.29. The fraction of sp³-hybridized carbons (Fsp3) is 0.588. The van der Waals surface area contributed by atoms with Gasteiger partial charge in [0.2, 0.25) is 0 Å². The van der Waals surface area contributed by atoms with E-state index in [0.29, 0.717) is 6.04 Å². The van der Waals surface area contributed by atoms with Gasteiger partial charge in [-0.15, -0.1) is 0 Å². The molecule has 1 fully saturated rings. The zero-order chi connectivity index (χ0) is 15.4. The van der Waals surface area contributed by atoms with Crippen molar-refractivity contribution in [3.05, 3.63) is 29.8 Å². The molecule has 1 aromatic rings. The summed E-state index contributed by atoms with van der Waals surface area (Å²) in [6, 6.07) is 8.50. The molecule has 2 unspecified atom stereocenters. The number of aliphatic carboxylic acids is 1. The standard InChI is InChI=1S/C17H25NO3/c1-12(2)21-16-6-4-14(5-7-16)11-18-9-8-15(17(19)20)10-13(18)3/h4-7,12-13,15H,8-11H2,1-3H3,(H,19,20). The normalized spacial score (nSPS) is 23.2. The van der Waals surface area contributed by atoms with Gasteiger partial charge in [0.05, 0.1) is 12.0 Å². The molecule has 0 bridgehead atoms. The highest BCUT2D eigenvalue weighted by atomic mass is 16.5. The van der Waals surface area contributed by atoms with Gasteiger partial charge in [-0.25, -0.2) is 0 Å². The molecule has 0 saturated carbocycles. The van der Waals surface area contributed by atoms with E-state index >= 15 is 0 Å². The van der Waals surface area contributed by atoms with E-state index in [9.17, 15) is 4.79 Å². The Bertz CT molecular complexity index is 469. The summed E-state index contributed by atoms with van der Waals surface area (Å²) in [5.74, 6) is 0.0566. The van der Waals surface area contributed by atoms with Crippen molar-refractivity contribution < 1.29 is 14.6 Å². The van der Waals surface area contributed by atoms with E-state index in [1.807, 2.05) is 26.0 Å². The van der Waals surface area contributed by atoms with Gasteiger partial charge >= 0.3 is 5.97 Å². The van der Waals surface area contributed by atoms with Gasteiger partial charge in [-0.2, -0.15) is 0 Å². The molecular formula is C17H25NO3. The van der Waals surface area contributed by atoms with Gasteiger partial charge in [0, 0.05) is 12.6 Å². The quantitative estimate of drug-likeness (QED) is 0.905. The lowest BCUT2D eigenvalue weighted by Crippen LogP contribution is -2.42. The van der Waals surface area contributed by atoms with Gasteiger partial charge in [-0.05, 0) is 57.9 Å². The first-order valence-corrected chi connectivity index (χ1v) is 7.68. The van der Waals surface area contributed by atoms with Gasteiger partial charge in [0.25, 0.3) is 0 Å². The van der Waals surface area contributed by atoms with E-state index in [-0.39, 0.29) is 12.0 Å². The van der Waals surface area contributed by atoms with E-state index < -0.39 is 5.97 Å². The largest absolute Gasteiger partial charge is 0.491 e. The molecule has 0 radical (unpaired) electrons. The summed E-state index contributed by atoms with van der Waals surface area (Å²) < 4.78 is 5.64. The Kier molecular flexibility index (Phi) is 5.23. The molecular weight excluding hydrogens is 266 g/mol. The van der Waals surface area contributed by atoms with Gasteiger partial charge in [0.1, 0.15) is 5.75 Å². The number of ether oxygens (including phenoxy) is 1. The Morgan fingerprint density at radius 1 is 1.38 bits per heavy atom. The lowest BCUT2D eigenvalue weighted by Gasteiger charge is -2.36. The Labute approximate surface area is 126 Å². The van der Waals surface area contributed by atoms with Crippen molar-refractivity contribution in [2.75, 3.05) is 6.54 Å². The van der Waals surface area contributed by atoms with Gasteiger partial charge in [-0.1, -0.05) is 12.1 Å². The van der Waals surface area contributed by atoms with E-state index in [1.165, 1.54) is 5.56 Å². The molecule has 1 saturated heterocycles. The van der Waals surface area contributed by atoms with E-state index in [4.69, 9.17) is 9.84 Å². The van der Waals surface area contributed by atoms with Crippen LogP contribution in [0.25, 0.3) is 0 Å². The molecule has 0 amide bonds.